The Balaban J connectivity index is 1.43. The van der Waals surface area contributed by atoms with Gasteiger partial charge >= 0.3 is 5.97 Å². The number of fused-ring (bicyclic) bond motifs is 2. The van der Waals surface area contributed by atoms with Crippen LogP contribution in [-0.4, -0.2) is 37.4 Å². The van der Waals surface area contributed by atoms with E-state index in [-0.39, 0.29) is 40.4 Å². The number of halogens is 2. The van der Waals surface area contributed by atoms with Gasteiger partial charge in [0.05, 0.1) is 5.56 Å². The molecule has 0 aliphatic carbocycles. The monoisotopic (exact) mass is 562 g/mol. The first-order chi connectivity index (χ1) is 20.3. The van der Waals surface area contributed by atoms with Crippen molar-refractivity contribution in [1.29, 1.82) is 0 Å². The number of carbonyl (C=O) groups is 3. The molecule has 6 rings (SSSR count). The topological polar surface area (TPSA) is 114 Å². The van der Waals surface area contributed by atoms with Gasteiger partial charge in [0.25, 0.3) is 5.91 Å². The predicted molar refractivity (Wildman–Crippen MR) is 150 cm³/mol. The van der Waals surface area contributed by atoms with Crippen molar-refractivity contribution in [3.63, 3.8) is 0 Å². The first-order valence-corrected chi connectivity index (χ1v) is 12.8. The molecular formula is C32H20F2N4O4. The number of aromatic nitrogens is 3. The van der Waals surface area contributed by atoms with Gasteiger partial charge in [0.2, 0.25) is 11.6 Å². The van der Waals surface area contributed by atoms with Crippen LogP contribution in [-0.2, 0) is 6.54 Å². The highest BCUT2D eigenvalue weighted by Crippen LogP contribution is 2.28. The number of amides is 1. The molecular weight excluding hydrogens is 542 g/mol. The van der Waals surface area contributed by atoms with Crippen LogP contribution in [0.2, 0.25) is 0 Å². The number of nitrogens with one attached hydrogen (secondary N) is 1. The smallest absolute Gasteiger partial charge is 0.335 e. The number of hydrogen-bond acceptors (Lipinski definition) is 5. The molecule has 8 nitrogen and oxygen atoms in total. The van der Waals surface area contributed by atoms with Crippen LogP contribution in [0.25, 0.3) is 27.5 Å². The third-order valence-electron chi connectivity index (χ3n) is 6.85. The van der Waals surface area contributed by atoms with Crippen molar-refractivity contribution < 1.29 is 28.3 Å². The molecule has 10 heteroatoms. The minimum Gasteiger partial charge on any atom is -0.478 e. The van der Waals surface area contributed by atoms with Gasteiger partial charge in [0.1, 0.15) is 17.3 Å². The molecule has 1 amide bonds. The van der Waals surface area contributed by atoms with E-state index in [0.29, 0.717) is 11.1 Å². The summed E-state index contributed by atoms with van der Waals surface area (Å²) in [5, 5.41) is 21.8. The highest BCUT2D eigenvalue weighted by molar-refractivity contribution is 6.09. The fourth-order valence-electron chi connectivity index (χ4n) is 4.71. The fraction of sp³-hybridized carbons (Fsp3) is 0.0312. The second-order valence-corrected chi connectivity index (χ2v) is 9.55. The molecule has 0 spiro atoms. The Bertz CT molecular complexity index is 2040. The molecule has 0 saturated heterocycles. The number of aromatic carboxylic acids is 1. The van der Waals surface area contributed by atoms with Gasteiger partial charge in [-0.2, -0.15) is 0 Å². The molecule has 4 aromatic carbocycles. The number of carboxylic acid groups (broad SMARTS) is 1. The van der Waals surface area contributed by atoms with Crippen LogP contribution >= 0.6 is 0 Å². The Morgan fingerprint density at radius 2 is 1.52 bits per heavy atom. The Labute approximate surface area is 236 Å². The first kappa shape index (κ1) is 26.5. The van der Waals surface area contributed by atoms with Crippen molar-refractivity contribution in [1.82, 2.24) is 19.9 Å². The van der Waals surface area contributed by atoms with E-state index in [2.05, 4.69) is 15.5 Å². The zero-order chi connectivity index (χ0) is 29.4. The van der Waals surface area contributed by atoms with Gasteiger partial charge in [-0.25, -0.2) is 13.6 Å². The van der Waals surface area contributed by atoms with Crippen molar-refractivity contribution in [3.05, 3.63) is 137 Å². The van der Waals surface area contributed by atoms with E-state index in [4.69, 9.17) is 5.11 Å². The standard InChI is InChI=1S/C32H20F2N4O4/c33-24-11-12-26(34)25(16-24)23-14-27(31(40)35-17-18-5-7-20(8-6-18)32(41)42)38-28(15-23)36-37-30(38)29(39)22-10-9-19-3-1-2-4-21(19)13-22/h1-16H,17H2,(H,35,40)(H,41,42). The van der Waals surface area contributed by atoms with Crippen molar-refractivity contribution in [2.45, 2.75) is 6.54 Å². The van der Waals surface area contributed by atoms with Crippen molar-refractivity contribution in [3.8, 4) is 11.1 Å². The third-order valence-corrected chi connectivity index (χ3v) is 6.85. The summed E-state index contributed by atoms with van der Waals surface area (Å²) in [5.41, 5.74) is 1.10. The quantitative estimate of drug-likeness (QED) is 0.242. The third kappa shape index (κ3) is 4.97. The molecule has 2 N–H and O–H groups in total. The number of hydrogen-bond donors (Lipinski definition) is 2. The number of ketones is 1. The molecule has 0 aliphatic rings. The molecule has 0 fully saturated rings. The zero-order valence-electron chi connectivity index (χ0n) is 21.7. The second-order valence-electron chi connectivity index (χ2n) is 9.55. The average Bonchev–Trinajstić information content (AvgIpc) is 3.44. The lowest BCUT2D eigenvalue weighted by Crippen LogP contribution is -2.26. The molecule has 0 radical (unpaired) electrons. The summed E-state index contributed by atoms with van der Waals surface area (Å²) < 4.78 is 30.0. The summed E-state index contributed by atoms with van der Waals surface area (Å²) in [5.74, 6) is -3.73. The zero-order valence-corrected chi connectivity index (χ0v) is 21.7. The molecule has 6 aromatic rings. The lowest BCUT2D eigenvalue weighted by molar-refractivity contribution is 0.0696. The Hall–Kier alpha value is -5.77. The SMILES string of the molecule is O=C(O)c1ccc(CNC(=O)c2cc(-c3cc(F)ccc3F)cc3nnc(C(=O)c4ccc5ccccc5c4)n23)cc1. The van der Waals surface area contributed by atoms with Crippen LogP contribution in [0.1, 0.15) is 42.6 Å². The predicted octanol–water partition coefficient (Wildman–Crippen LogP) is 5.69. The van der Waals surface area contributed by atoms with E-state index < -0.39 is 29.3 Å². The number of carbonyl (C=O) groups excluding carboxylic acids is 2. The number of rotatable bonds is 7. The van der Waals surface area contributed by atoms with Gasteiger partial charge < -0.3 is 10.4 Å². The van der Waals surface area contributed by atoms with Gasteiger partial charge in [-0.05, 0) is 70.4 Å². The number of pyridine rings is 1. The number of nitrogens with zero attached hydrogens (tertiary/aromatic N) is 3. The van der Waals surface area contributed by atoms with Crippen LogP contribution in [0.3, 0.4) is 0 Å². The summed E-state index contributed by atoms with van der Waals surface area (Å²) in [4.78, 5) is 38.4. The maximum atomic E-state index is 14.7. The van der Waals surface area contributed by atoms with E-state index in [1.54, 1.807) is 30.3 Å². The van der Waals surface area contributed by atoms with Crippen LogP contribution in [0.4, 0.5) is 8.78 Å². The molecule has 2 aromatic heterocycles. The van der Waals surface area contributed by atoms with Crippen LogP contribution < -0.4 is 5.32 Å². The minimum atomic E-state index is -1.08. The Morgan fingerprint density at radius 1 is 0.786 bits per heavy atom. The minimum absolute atomic E-state index is 0.0227. The van der Waals surface area contributed by atoms with Crippen LogP contribution in [0.5, 0.6) is 0 Å². The van der Waals surface area contributed by atoms with Gasteiger partial charge in [-0.3, -0.25) is 14.0 Å². The van der Waals surface area contributed by atoms with Gasteiger partial charge in [0, 0.05) is 17.7 Å². The summed E-state index contributed by atoms with van der Waals surface area (Å²) >= 11 is 0. The molecule has 0 unspecified atom stereocenters. The molecule has 42 heavy (non-hydrogen) atoms. The van der Waals surface area contributed by atoms with Gasteiger partial charge in [0.15, 0.2) is 5.65 Å². The highest BCUT2D eigenvalue weighted by Gasteiger charge is 2.24. The maximum absolute atomic E-state index is 14.7. The van der Waals surface area contributed by atoms with Crippen LogP contribution in [0.15, 0.2) is 97.1 Å². The van der Waals surface area contributed by atoms with Crippen molar-refractivity contribution >= 4 is 34.1 Å². The van der Waals surface area contributed by atoms with E-state index in [1.807, 2.05) is 24.3 Å². The van der Waals surface area contributed by atoms with Gasteiger partial charge in [-0.15, -0.1) is 10.2 Å². The molecule has 206 valence electrons. The molecule has 0 aliphatic heterocycles. The number of carboxylic acids is 1. The van der Waals surface area contributed by atoms with E-state index in [9.17, 15) is 23.2 Å². The van der Waals surface area contributed by atoms with E-state index in [1.165, 1.54) is 28.7 Å². The van der Waals surface area contributed by atoms with E-state index >= 15 is 0 Å². The lowest BCUT2D eigenvalue weighted by Gasteiger charge is -2.12. The Kier molecular flexibility index (Phi) is 6.71. The van der Waals surface area contributed by atoms with Crippen LogP contribution in [0, 0.1) is 11.6 Å². The normalized spacial score (nSPS) is 11.1. The van der Waals surface area contributed by atoms with Crippen molar-refractivity contribution in [2.75, 3.05) is 0 Å². The van der Waals surface area contributed by atoms with Crippen molar-refractivity contribution in [2.24, 2.45) is 0 Å². The average molecular weight is 563 g/mol. The summed E-state index contributed by atoms with van der Waals surface area (Å²) in [6, 6.07) is 24.4. The summed E-state index contributed by atoms with van der Waals surface area (Å²) in [6.07, 6.45) is 0. The summed E-state index contributed by atoms with van der Waals surface area (Å²) in [7, 11) is 0. The molecule has 2 heterocycles. The first-order valence-electron chi connectivity index (χ1n) is 12.8. The lowest BCUT2D eigenvalue weighted by atomic mass is 10.0. The largest absolute Gasteiger partial charge is 0.478 e. The Morgan fingerprint density at radius 3 is 2.29 bits per heavy atom. The van der Waals surface area contributed by atoms with E-state index in [0.717, 1.165) is 29.0 Å². The highest BCUT2D eigenvalue weighted by atomic mass is 19.1. The summed E-state index contributed by atoms with van der Waals surface area (Å²) in [6.45, 7) is 0.0227. The number of benzene rings is 4. The molecule has 0 saturated carbocycles. The maximum Gasteiger partial charge on any atom is 0.335 e. The molecule has 0 bridgehead atoms. The fourth-order valence-corrected chi connectivity index (χ4v) is 4.71. The van der Waals surface area contributed by atoms with Gasteiger partial charge in [-0.1, -0.05) is 48.5 Å². The molecule has 0 atom stereocenters. The second kappa shape index (κ2) is 10.7.